The number of anilines is 1. The number of carbonyl (C=O) groups excluding carboxylic acids is 1. The summed E-state index contributed by atoms with van der Waals surface area (Å²) in [6.45, 7) is 3.22. The van der Waals surface area contributed by atoms with Crippen LogP contribution in [0.4, 0.5) is 6.01 Å². The molecule has 2 heterocycles. The first-order chi connectivity index (χ1) is 11.9. The molecule has 2 aromatic heterocycles. The number of nitrogens with zero attached hydrogens (tertiary/aromatic N) is 2. The van der Waals surface area contributed by atoms with Gasteiger partial charge < -0.3 is 8.83 Å². The molecule has 0 saturated heterocycles. The molecule has 0 fully saturated rings. The van der Waals surface area contributed by atoms with Gasteiger partial charge >= 0.3 is 6.01 Å². The third-order valence-electron chi connectivity index (χ3n) is 3.42. The molecule has 3 rings (SSSR count). The number of hydrogen-bond donors (Lipinski definition) is 1. The highest BCUT2D eigenvalue weighted by Gasteiger charge is 2.21. The van der Waals surface area contributed by atoms with Crippen LogP contribution in [0.5, 0.6) is 0 Å². The van der Waals surface area contributed by atoms with Crippen molar-refractivity contribution < 1.29 is 22.0 Å². The summed E-state index contributed by atoms with van der Waals surface area (Å²) in [5.41, 5.74) is 0.438. The normalized spacial score (nSPS) is 11.6. The maximum absolute atomic E-state index is 12.3. The summed E-state index contributed by atoms with van der Waals surface area (Å²) in [6, 6.07) is 9.16. The first kappa shape index (κ1) is 16.9. The number of furan rings is 1. The zero-order valence-electron chi connectivity index (χ0n) is 13.5. The maximum Gasteiger partial charge on any atom is 0.322 e. The molecular formula is C16H15N3O5S. The molecule has 0 atom stereocenters. The third-order valence-corrected chi connectivity index (χ3v) is 5.57. The average Bonchev–Trinajstić information content (AvgIpc) is 3.26. The summed E-state index contributed by atoms with van der Waals surface area (Å²) in [5.74, 6) is -0.336. The van der Waals surface area contributed by atoms with Crippen LogP contribution in [0.2, 0.25) is 0 Å². The molecule has 0 spiro atoms. The van der Waals surface area contributed by atoms with Crippen molar-refractivity contribution in [2.24, 2.45) is 0 Å². The van der Waals surface area contributed by atoms with Crippen LogP contribution in [0.25, 0.3) is 11.5 Å². The van der Waals surface area contributed by atoms with Crippen molar-refractivity contribution in [3.05, 3.63) is 48.4 Å². The second kappa shape index (κ2) is 6.52. The summed E-state index contributed by atoms with van der Waals surface area (Å²) in [6.07, 6.45) is 1.37. The predicted molar refractivity (Wildman–Crippen MR) is 88.7 cm³/mol. The minimum Gasteiger partial charge on any atom is -0.459 e. The molecule has 3 aromatic rings. The van der Waals surface area contributed by atoms with Crippen LogP contribution in [-0.2, 0) is 9.84 Å². The summed E-state index contributed by atoms with van der Waals surface area (Å²) in [5, 5.41) is 9.42. The number of sulfone groups is 1. The number of benzene rings is 1. The van der Waals surface area contributed by atoms with Crippen molar-refractivity contribution >= 4 is 21.8 Å². The molecule has 130 valence electrons. The van der Waals surface area contributed by atoms with E-state index in [9.17, 15) is 13.2 Å². The van der Waals surface area contributed by atoms with E-state index in [-0.39, 0.29) is 22.6 Å². The molecule has 1 amide bonds. The lowest BCUT2D eigenvalue weighted by Crippen LogP contribution is -2.13. The summed E-state index contributed by atoms with van der Waals surface area (Å²) >= 11 is 0. The molecule has 9 heteroatoms. The van der Waals surface area contributed by atoms with Gasteiger partial charge in [-0.25, -0.2) is 8.42 Å². The standard InChI is InChI=1S/C16H15N3O5S/c1-10(2)25(21,22)12-6-3-5-11(9-12)15-18-19-16(24-15)17-14(20)13-7-4-8-23-13/h3-10H,1-2H3,(H,17,19,20). The first-order valence-electron chi connectivity index (χ1n) is 7.40. The fraction of sp³-hybridized carbons (Fsp3) is 0.188. The molecule has 0 bridgehead atoms. The highest BCUT2D eigenvalue weighted by atomic mass is 32.2. The molecular weight excluding hydrogens is 346 g/mol. The zero-order chi connectivity index (χ0) is 18.0. The lowest BCUT2D eigenvalue weighted by molar-refractivity contribution is 0.0994. The monoisotopic (exact) mass is 361 g/mol. The smallest absolute Gasteiger partial charge is 0.322 e. The van der Waals surface area contributed by atoms with Gasteiger partial charge in [0.25, 0.3) is 5.91 Å². The Morgan fingerprint density at radius 1 is 1.16 bits per heavy atom. The van der Waals surface area contributed by atoms with Crippen molar-refractivity contribution in [3.63, 3.8) is 0 Å². The molecule has 0 unspecified atom stereocenters. The fourth-order valence-electron chi connectivity index (χ4n) is 2.04. The molecule has 8 nitrogen and oxygen atoms in total. The lowest BCUT2D eigenvalue weighted by atomic mass is 10.2. The third kappa shape index (κ3) is 3.45. The van der Waals surface area contributed by atoms with Gasteiger partial charge in [0.2, 0.25) is 5.89 Å². The Bertz CT molecular complexity index is 990. The van der Waals surface area contributed by atoms with Gasteiger partial charge in [0.1, 0.15) is 0 Å². The van der Waals surface area contributed by atoms with Gasteiger partial charge in [-0.05, 0) is 44.2 Å². The quantitative estimate of drug-likeness (QED) is 0.743. The number of aromatic nitrogens is 2. The second-order valence-corrected chi connectivity index (χ2v) is 7.97. The van der Waals surface area contributed by atoms with Crippen LogP contribution in [0, 0.1) is 0 Å². The Morgan fingerprint density at radius 3 is 2.64 bits per heavy atom. The minimum absolute atomic E-state index is 0.0931. The van der Waals surface area contributed by atoms with Gasteiger partial charge in [0, 0.05) is 5.56 Å². The first-order valence-corrected chi connectivity index (χ1v) is 8.95. The van der Waals surface area contributed by atoms with Crippen molar-refractivity contribution in [1.82, 2.24) is 10.2 Å². The van der Waals surface area contributed by atoms with Crippen molar-refractivity contribution in [2.45, 2.75) is 24.0 Å². The van der Waals surface area contributed by atoms with Gasteiger partial charge in [-0.1, -0.05) is 11.2 Å². The van der Waals surface area contributed by atoms with E-state index in [1.54, 1.807) is 32.0 Å². The topological polar surface area (TPSA) is 115 Å². The van der Waals surface area contributed by atoms with Gasteiger partial charge in [0.05, 0.1) is 16.4 Å². The van der Waals surface area contributed by atoms with E-state index in [4.69, 9.17) is 8.83 Å². The highest BCUT2D eigenvalue weighted by Crippen LogP contribution is 2.24. The van der Waals surface area contributed by atoms with Crippen molar-refractivity contribution in [1.29, 1.82) is 0 Å². The van der Waals surface area contributed by atoms with E-state index in [1.807, 2.05) is 0 Å². The number of rotatable bonds is 5. The van der Waals surface area contributed by atoms with E-state index in [0.29, 0.717) is 5.56 Å². The van der Waals surface area contributed by atoms with E-state index in [1.165, 1.54) is 24.5 Å². The maximum atomic E-state index is 12.3. The zero-order valence-corrected chi connectivity index (χ0v) is 14.3. The van der Waals surface area contributed by atoms with Crippen LogP contribution in [0.3, 0.4) is 0 Å². The molecule has 0 saturated carbocycles. The molecule has 0 radical (unpaired) electrons. The Morgan fingerprint density at radius 2 is 1.96 bits per heavy atom. The highest BCUT2D eigenvalue weighted by molar-refractivity contribution is 7.92. The Labute approximate surface area is 143 Å². The van der Waals surface area contributed by atoms with Crippen LogP contribution in [0.1, 0.15) is 24.4 Å². The van der Waals surface area contributed by atoms with E-state index in [2.05, 4.69) is 15.5 Å². The van der Waals surface area contributed by atoms with E-state index >= 15 is 0 Å². The fourth-order valence-corrected chi connectivity index (χ4v) is 3.14. The van der Waals surface area contributed by atoms with Gasteiger partial charge in [-0.2, -0.15) is 0 Å². The molecule has 1 aromatic carbocycles. The predicted octanol–water partition coefficient (Wildman–Crippen LogP) is 2.76. The van der Waals surface area contributed by atoms with Crippen LogP contribution in [0.15, 0.2) is 56.4 Å². The lowest BCUT2D eigenvalue weighted by Gasteiger charge is -2.08. The number of carbonyl (C=O) groups is 1. The number of nitrogens with one attached hydrogen (secondary N) is 1. The van der Waals surface area contributed by atoms with Gasteiger partial charge in [0.15, 0.2) is 15.6 Å². The van der Waals surface area contributed by atoms with Crippen LogP contribution < -0.4 is 5.32 Å². The summed E-state index contributed by atoms with van der Waals surface area (Å²) < 4.78 is 34.9. The van der Waals surface area contributed by atoms with Crippen LogP contribution in [-0.4, -0.2) is 29.8 Å². The van der Waals surface area contributed by atoms with E-state index < -0.39 is 21.0 Å². The van der Waals surface area contributed by atoms with Crippen molar-refractivity contribution in [3.8, 4) is 11.5 Å². The molecule has 0 aliphatic heterocycles. The Hall–Kier alpha value is -2.94. The summed E-state index contributed by atoms with van der Waals surface area (Å²) in [4.78, 5) is 12.0. The summed E-state index contributed by atoms with van der Waals surface area (Å²) in [7, 11) is -3.42. The van der Waals surface area contributed by atoms with Crippen LogP contribution >= 0.6 is 0 Å². The molecule has 0 aliphatic rings. The number of amides is 1. The van der Waals surface area contributed by atoms with Gasteiger partial charge in [-0.3, -0.25) is 10.1 Å². The average molecular weight is 361 g/mol. The molecule has 25 heavy (non-hydrogen) atoms. The molecule has 0 aliphatic carbocycles. The second-order valence-electron chi connectivity index (χ2n) is 5.47. The minimum atomic E-state index is -3.42. The van der Waals surface area contributed by atoms with E-state index in [0.717, 1.165) is 0 Å². The Kier molecular flexibility index (Phi) is 4.41. The largest absolute Gasteiger partial charge is 0.459 e. The number of hydrogen-bond acceptors (Lipinski definition) is 7. The molecule has 1 N–H and O–H groups in total. The Balaban J connectivity index is 1.84. The SMILES string of the molecule is CC(C)S(=O)(=O)c1cccc(-c2nnc(NC(=O)c3ccco3)o2)c1. The van der Waals surface area contributed by atoms with Gasteiger partial charge in [-0.15, -0.1) is 5.10 Å². The van der Waals surface area contributed by atoms with Crippen molar-refractivity contribution in [2.75, 3.05) is 5.32 Å².